The highest BCUT2D eigenvalue weighted by Crippen LogP contribution is 2.13. The number of carbonyl (C=O) groups excluding carboxylic acids is 1. The smallest absolute Gasteiger partial charge is 0.338 e. The molecule has 0 heterocycles. The second kappa shape index (κ2) is 5.79. The number of primary amides is 1. The number of amides is 1. The molecule has 0 bridgehead atoms. The van der Waals surface area contributed by atoms with Crippen LogP contribution in [0.1, 0.15) is 36.2 Å². The fourth-order valence-electron chi connectivity index (χ4n) is 1.68. The van der Waals surface area contributed by atoms with Gasteiger partial charge in [0.15, 0.2) is 0 Å². The molecule has 0 saturated heterocycles. The first kappa shape index (κ1) is 15.1. The van der Waals surface area contributed by atoms with Crippen molar-refractivity contribution in [3.8, 4) is 0 Å². The van der Waals surface area contributed by atoms with E-state index in [-0.39, 0.29) is 12.0 Å². The highest BCUT2D eigenvalue weighted by molar-refractivity contribution is 5.87. The van der Waals surface area contributed by atoms with Crippen molar-refractivity contribution in [1.29, 1.82) is 0 Å². The van der Waals surface area contributed by atoms with Crippen LogP contribution in [0, 0.1) is 5.82 Å². The van der Waals surface area contributed by atoms with Gasteiger partial charge in [-0.2, -0.15) is 0 Å². The highest BCUT2D eigenvalue weighted by Gasteiger charge is 2.20. The van der Waals surface area contributed by atoms with E-state index < -0.39 is 23.2 Å². The third-order valence-corrected chi connectivity index (χ3v) is 2.65. The van der Waals surface area contributed by atoms with E-state index in [0.717, 1.165) is 6.07 Å². The lowest BCUT2D eigenvalue weighted by atomic mass is 9.99. The number of carboxylic acids is 1. The molecule has 0 radical (unpaired) electrons. The molecule has 0 fully saturated rings. The first-order valence-electron chi connectivity index (χ1n) is 5.76. The van der Waals surface area contributed by atoms with Crippen LogP contribution in [0.2, 0.25) is 0 Å². The monoisotopic (exact) mass is 268 g/mol. The third kappa shape index (κ3) is 4.67. The summed E-state index contributed by atoms with van der Waals surface area (Å²) in [5, 5.41) is 11.8. The number of rotatable bonds is 6. The van der Waals surface area contributed by atoms with Crippen LogP contribution in [0.25, 0.3) is 0 Å². The largest absolute Gasteiger partial charge is 0.478 e. The summed E-state index contributed by atoms with van der Waals surface area (Å²) in [4.78, 5) is 21.5. The maximum absolute atomic E-state index is 13.4. The molecule has 104 valence electrons. The maximum Gasteiger partial charge on any atom is 0.338 e. The lowest BCUT2D eigenvalue weighted by Crippen LogP contribution is -2.42. The van der Waals surface area contributed by atoms with Crippen LogP contribution in [-0.4, -0.2) is 22.5 Å². The number of aromatic carboxylic acids is 1. The molecule has 19 heavy (non-hydrogen) atoms. The number of hydrogen-bond donors (Lipinski definition) is 3. The molecule has 0 atom stereocenters. The van der Waals surface area contributed by atoms with E-state index in [1.54, 1.807) is 13.8 Å². The van der Waals surface area contributed by atoms with Gasteiger partial charge in [-0.05, 0) is 31.5 Å². The van der Waals surface area contributed by atoms with Crippen molar-refractivity contribution in [3.63, 3.8) is 0 Å². The summed E-state index contributed by atoms with van der Waals surface area (Å²) >= 11 is 0. The fourth-order valence-corrected chi connectivity index (χ4v) is 1.68. The van der Waals surface area contributed by atoms with E-state index >= 15 is 0 Å². The summed E-state index contributed by atoms with van der Waals surface area (Å²) in [6, 6.07) is 3.91. The van der Waals surface area contributed by atoms with Gasteiger partial charge in [-0.15, -0.1) is 0 Å². The molecule has 0 aromatic heterocycles. The normalized spacial score (nSPS) is 11.3. The summed E-state index contributed by atoms with van der Waals surface area (Å²) in [6.45, 7) is 3.93. The number of nitrogens with one attached hydrogen (secondary N) is 1. The van der Waals surface area contributed by atoms with E-state index in [4.69, 9.17) is 10.8 Å². The number of benzene rings is 1. The zero-order valence-electron chi connectivity index (χ0n) is 10.9. The van der Waals surface area contributed by atoms with E-state index in [1.807, 2.05) is 0 Å². The van der Waals surface area contributed by atoms with E-state index in [0.29, 0.717) is 12.1 Å². The molecule has 0 saturated carbocycles. The molecular formula is C13H17FN2O3. The minimum Gasteiger partial charge on any atom is -0.478 e. The number of hydrogen-bond acceptors (Lipinski definition) is 3. The lowest BCUT2D eigenvalue weighted by molar-refractivity contribution is -0.119. The topological polar surface area (TPSA) is 92.4 Å². The molecule has 0 aliphatic heterocycles. The van der Waals surface area contributed by atoms with Gasteiger partial charge < -0.3 is 16.2 Å². The van der Waals surface area contributed by atoms with Crippen molar-refractivity contribution in [2.45, 2.75) is 32.4 Å². The highest BCUT2D eigenvalue weighted by atomic mass is 19.1. The Hall–Kier alpha value is -1.95. The van der Waals surface area contributed by atoms with E-state index in [1.165, 1.54) is 12.1 Å². The first-order chi connectivity index (χ1) is 8.71. The van der Waals surface area contributed by atoms with Crippen LogP contribution < -0.4 is 11.1 Å². The minimum absolute atomic E-state index is 0.155. The molecule has 0 aliphatic carbocycles. The molecule has 0 aliphatic rings. The molecule has 6 heteroatoms. The van der Waals surface area contributed by atoms with Gasteiger partial charge in [-0.3, -0.25) is 4.79 Å². The molecule has 1 amide bonds. The van der Waals surface area contributed by atoms with Gasteiger partial charge in [0.25, 0.3) is 0 Å². The molecule has 0 spiro atoms. The van der Waals surface area contributed by atoms with Crippen molar-refractivity contribution < 1.29 is 19.1 Å². The molecule has 4 N–H and O–H groups in total. The van der Waals surface area contributed by atoms with Gasteiger partial charge in [0.2, 0.25) is 5.91 Å². The molecule has 1 aromatic carbocycles. The summed E-state index contributed by atoms with van der Waals surface area (Å²) in [5.41, 5.74) is 4.85. The Morgan fingerprint density at radius 2 is 2.05 bits per heavy atom. The number of carbonyl (C=O) groups is 2. The molecule has 1 aromatic rings. The Labute approximate surface area is 110 Å². The second-order valence-electron chi connectivity index (χ2n) is 5.00. The van der Waals surface area contributed by atoms with Gasteiger partial charge >= 0.3 is 5.97 Å². The van der Waals surface area contributed by atoms with Crippen molar-refractivity contribution in [3.05, 3.63) is 35.1 Å². The van der Waals surface area contributed by atoms with Crippen LogP contribution in [0.4, 0.5) is 4.39 Å². The Morgan fingerprint density at radius 3 is 2.53 bits per heavy atom. The van der Waals surface area contributed by atoms with Gasteiger partial charge in [0.05, 0.1) is 5.56 Å². The standard InChI is InChI=1S/C13H17FN2O3/c1-13(2,6-11(15)17)16-7-8-3-4-9(12(18)19)10(14)5-8/h3-5,16H,6-7H2,1-2H3,(H2,15,17)(H,18,19). The number of nitrogens with two attached hydrogens (primary N) is 1. The molecule has 5 nitrogen and oxygen atoms in total. The van der Waals surface area contributed by atoms with E-state index in [9.17, 15) is 14.0 Å². The Morgan fingerprint density at radius 1 is 1.42 bits per heavy atom. The van der Waals surface area contributed by atoms with Gasteiger partial charge in [0.1, 0.15) is 5.82 Å². The van der Waals surface area contributed by atoms with Crippen LogP contribution in [0.3, 0.4) is 0 Å². The minimum atomic E-state index is -1.30. The van der Waals surface area contributed by atoms with Crippen molar-refractivity contribution >= 4 is 11.9 Å². The Kier molecular flexibility index (Phi) is 4.61. The quantitative estimate of drug-likeness (QED) is 0.724. The predicted molar refractivity (Wildman–Crippen MR) is 68.1 cm³/mol. The first-order valence-corrected chi connectivity index (χ1v) is 5.76. The average molecular weight is 268 g/mol. The third-order valence-electron chi connectivity index (χ3n) is 2.65. The van der Waals surface area contributed by atoms with Crippen LogP contribution in [0.15, 0.2) is 18.2 Å². The van der Waals surface area contributed by atoms with Crippen LogP contribution in [-0.2, 0) is 11.3 Å². The molecule has 1 rings (SSSR count). The number of halogens is 1. The predicted octanol–water partition coefficient (Wildman–Crippen LogP) is 1.27. The zero-order valence-corrected chi connectivity index (χ0v) is 10.9. The average Bonchev–Trinajstić information content (AvgIpc) is 2.24. The van der Waals surface area contributed by atoms with Gasteiger partial charge in [-0.25, -0.2) is 9.18 Å². The van der Waals surface area contributed by atoms with Crippen LogP contribution in [0.5, 0.6) is 0 Å². The van der Waals surface area contributed by atoms with Gasteiger partial charge in [-0.1, -0.05) is 6.07 Å². The zero-order chi connectivity index (χ0) is 14.6. The number of carboxylic acid groups (broad SMARTS) is 1. The van der Waals surface area contributed by atoms with E-state index in [2.05, 4.69) is 5.32 Å². The van der Waals surface area contributed by atoms with Crippen LogP contribution >= 0.6 is 0 Å². The molecular weight excluding hydrogens is 251 g/mol. The Balaban J connectivity index is 2.71. The summed E-state index contributed by atoms with van der Waals surface area (Å²) in [6.07, 6.45) is 0.155. The van der Waals surface area contributed by atoms with Crippen molar-refractivity contribution in [2.75, 3.05) is 0 Å². The SMILES string of the molecule is CC(C)(CC(N)=O)NCc1ccc(C(=O)O)c(F)c1. The molecule has 0 unspecified atom stereocenters. The Bertz CT molecular complexity index is 501. The van der Waals surface area contributed by atoms with Crippen molar-refractivity contribution in [1.82, 2.24) is 5.32 Å². The summed E-state index contributed by atoms with van der Waals surface area (Å²) in [5.74, 6) is -2.50. The van der Waals surface area contributed by atoms with Crippen molar-refractivity contribution in [2.24, 2.45) is 5.73 Å². The second-order valence-corrected chi connectivity index (χ2v) is 5.00. The maximum atomic E-state index is 13.4. The fraction of sp³-hybridized carbons (Fsp3) is 0.385. The van der Waals surface area contributed by atoms with Gasteiger partial charge in [0, 0.05) is 18.5 Å². The lowest BCUT2D eigenvalue weighted by Gasteiger charge is -2.25. The summed E-state index contributed by atoms with van der Waals surface area (Å²) in [7, 11) is 0. The summed E-state index contributed by atoms with van der Waals surface area (Å²) < 4.78 is 13.4.